The van der Waals surface area contributed by atoms with Gasteiger partial charge in [0.15, 0.2) is 0 Å². The maximum Gasteiger partial charge on any atom is 0.217 e. The number of hydrogen-bond acceptors (Lipinski definition) is 3. The lowest BCUT2D eigenvalue weighted by Crippen LogP contribution is -2.32. The third-order valence-corrected chi connectivity index (χ3v) is 3.86. The van der Waals surface area contributed by atoms with Gasteiger partial charge in [-0.2, -0.15) is 4.39 Å². The van der Waals surface area contributed by atoms with Crippen LogP contribution in [-0.2, 0) is 6.54 Å². The maximum absolute atomic E-state index is 13.2. The molecule has 2 atom stereocenters. The fourth-order valence-corrected chi connectivity index (χ4v) is 3.02. The molecule has 1 saturated carbocycles. The minimum atomic E-state index is -0.435. The lowest BCUT2D eigenvalue weighted by molar-refractivity contribution is 0.546. The zero-order valence-corrected chi connectivity index (χ0v) is 9.19. The largest absolute Gasteiger partial charge is 0.367 e. The predicted octanol–water partition coefficient (Wildman–Crippen LogP) is 1.67. The molecule has 0 aromatic carbocycles. The molecule has 1 aliphatic carbocycles. The van der Waals surface area contributed by atoms with E-state index in [-0.39, 0.29) is 6.54 Å². The van der Waals surface area contributed by atoms with Crippen LogP contribution in [0.3, 0.4) is 0 Å². The summed E-state index contributed by atoms with van der Waals surface area (Å²) in [5.74, 6) is 0.395. The number of hydrogen-bond donors (Lipinski definition) is 1. The van der Waals surface area contributed by atoms with Gasteiger partial charge in [0, 0.05) is 24.7 Å². The highest BCUT2D eigenvalue weighted by molar-refractivity contribution is 5.49. The molecule has 0 radical (unpaired) electrons. The van der Waals surface area contributed by atoms with Gasteiger partial charge in [0.1, 0.15) is 0 Å². The fraction of sp³-hybridized carbons (Fsp3) is 0.583. The first-order chi connectivity index (χ1) is 7.78. The number of fused-ring (bicyclic) bond motifs is 2. The Kier molecular flexibility index (Phi) is 2.32. The van der Waals surface area contributed by atoms with Crippen LogP contribution in [-0.4, -0.2) is 17.6 Å². The molecule has 2 aliphatic rings. The molecular weight excluding hydrogens is 205 g/mol. The number of rotatable bonds is 2. The van der Waals surface area contributed by atoms with E-state index in [2.05, 4.69) is 9.88 Å². The second-order valence-corrected chi connectivity index (χ2v) is 4.83. The van der Waals surface area contributed by atoms with Gasteiger partial charge in [-0.3, -0.25) is 0 Å². The van der Waals surface area contributed by atoms with Gasteiger partial charge in [0.05, 0.1) is 11.9 Å². The summed E-state index contributed by atoms with van der Waals surface area (Å²) in [6.07, 6.45) is 5.53. The summed E-state index contributed by atoms with van der Waals surface area (Å²) < 4.78 is 13.2. The summed E-state index contributed by atoms with van der Waals surface area (Å²) >= 11 is 0. The van der Waals surface area contributed by atoms with Crippen LogP contribution in [0.4, 0.5) is 10.1 Å². The van der Waals surface area contributed by atoms with Gasteiger partial charge in [-0.05, 0) is 31.2 Å². The monoisotopic (exact) mass is 221 g/mol. The quantitative estimate of drug-likeness (QED) is 0.772. The first-order valence-corrected chi connectivity index (χ1v) is 5.89. The van der Waals surface area contributed by atoms with Crippen LogP contribution in [0.5, 0.6) is 0 Å². The Balaban J connectivity index is 1.89. The molecule has 0 spiro atoms. The summed E-state index contributed by atoms with van der Waals surface area (Å²) in [5, 5.41) is 0. The van der Waals surface area contributed by atoms with Crippen molar-refractivity contribution in [2.45, 2.75) is 31.8 Å². The van der Waals surface area contributed by atoms with Crippen LogP contribution < -0.4 is 10.6 Å². The molecule has 4 heteroatoms. The number of halogens is 1. The van der Waals surface area contributed by atoms with Gasteiger partial charge in [-0.25, -0.2) is 4.98 Å². The van der Waals surface area contributed by atoms with Gasteiger partial charge in [0.25, 0.3) is 0 Å². The normalized spacial score (nSPS) is 27.8. The molecule has 3 rings (SSSR count). The summed E-state index contributed by atoms with van der Waals surface area (Å²) in [6.45, 7) is 1.32. The molecule has 1 aromatic heterocycles. The van der Waals surface area contributed by atoms with E-state index >= 15 is 0 Å². The average molecular weight is 221 g/mol. The van der Waals surface area contributed by atoms with Gasteiger partial charge in [0.2, 0.25) is 5.95 Å². The molecule has 1 aromatic rings. The number of nitrogens with two attached hydrogens (primary N) is 1. The van der Waals surface area contributed by atoms with Crippen molar-refractivity contribution < 1.29 is 4.39 Å². The summed E-state index contributed by atoms with van der Waals surface area (Å²) in [5.41, 5.74) is 7.05. The van der Waals surface area contributed by atoms with E-state index in [0.717, 1.165) is 18.2 Å². The van der Waals surface area contributed by atoms with E-state index in [4.69, 9.17) is 5.73 Å². The molecule has 2 fully saturated rings. The smallest absolute Gasteiger partial charge is 0.217 e. The second-order valence-electron chi connectivity index (χ2n) is 4.83. The fourth-order valence-electron chi connectivity index (χ4n) is 3.02. The lowest BCUT2D eigenvalue weighted by atomic mass is 10.1. The van der Waals surface area contributed by atoms with Gasteiger partial charge in [-0.1, -0.05) is 0 Å². The highest BCUT2D eigenvalue weighted by Gasteiger charge is 2.37. The van der Waals surface area contributed by atoms with Crippen LogP contribution in [0.15, 0.2) is 12.3 Å². The lowest BCUT2D eigenvalue weighted by Gasteiger charge is -2.29. The minimum absolute atomic E-state index is 0.217. The van der Waals surface area contributed by atoms with Crippen LogP contribution in [0.25, 0.3) is 0 Å². The maximum atomic E-state index is 13.2. The highest BCUT2D eigenvalue weighted by Crippen LogP contribution is 2.40. The molecular formula is C12H16FN3. The number of piperidine rings is 1. The Bertz CT molecular complexity index is 407. The van der Waals surface area contributed by atoms with E-state index in [1.807, 2.05) is 6.07 Å². The number of pyridine rings is 1. The molecule has 1 aliphatic heterocycles. The summed E-state index contributed by atoms with van der Waals surface area (Å²) in [4.78, 5) is 6.15. The van der Waals surface area contributed by atoms with Gasteiger partial charge < -0.3 is 10.6 Å². The molecule has 86 valence electrons. The third-order valence-electron chi connectivity index (χ3n) is 3.86. The first-order valence-electron chi connectivity index (χ1n) is 5.89. The van der Waals surface area contributed by atoms with E-state index in [1.54, 1.807) is 6.20 Å². The van der Waals surface area contributed by atoms with Crippen LogP contribution >= 0.6 is 0 Å². The second kappa shape index (κ2) is 3.70. The molecule has 0 amide bonds. The van der Waals surface area contributed by atoms with E-state index in [9.17, 15) is 4.39 Å². The topological polar surface area (TPSA) is 42.1 Å². The molecule has 2 bridgehead atoms. The van der Waals surface area contributed by atoms with Crippen molar-refractivity contribution in [2.24, 2.45) is 11.7 Å². The molecule has 2 heterocycles. The zero-order chi connectivity index (χ0) is 11.1. The van der Waals surface area contributed by atoms with Crippen molar-refractivity contribution in [3.63, 3.8) is 0 Å². The first kappa shape index (κ1) is 10.0. The Labute approximate surface area is 94.5 Å². The third kappa shape index (κ3) is 1.48. The van der Waals surface area contributed by atoms with Crippen LogP contribution in [0, 0.1) is 11.9 Å². The molecule has 2 N–H and O–H groups in total. The number of nitrogens with zero attached hydrogens (tertiary/aromatic N) is 2. The minimum Gasteiger partial charge on any atom is -0.367 e. The van der Waals surface area contributed by atoms with Crippen molar-refractivity contribution in [3.8, 4) is 0 Å². The van der Waals surface area contributed by atoms with Crippen LogP contribution in [0.2, 0.25) is 0 Å². The van der Waals surface area contributed by atoms with Gasteiger partial charge >= 0.3 is 0 Å². The van der Waals surface area contributed by atoms with E-state index in [0.29, 0.717) is 11.6 Å². The van der Waals surface area contributed by atoms with Crippen molar-refractivity contribution in [2.75, 3.05) is 11.4 Å². The Hall–Kier alpha value is -1.16. The van der Waals surface area contributed by atoms with Crippen molar-refractivity contribution >= 4 is 5.69 Å². The summed E-state index contributed by atoms with van der Waals surface area (Å²) in [6, 6.07) is 2.49. The molecule has 0 unspecified atom stereocenters. The molecule has 1 saturated heterocycles. The Morgan fingerprint density at radius 2 is 2.38 bits per heavy atom. The van der Waals surface area contributed by atoms with Crippen molar-refractivity contribution in [3.05, 3.63) is 23.8 Å². The average Bonchev–Trinajstić information content (AvgIpc) is 2.91. The molecule has 16 heavy (non-hydrogen) atoms. The SMILES string of the molecule is NCc1cc(N2C[C@@H]3CC[C@@H]2C3)cnc1F. The zero-order valence-electron chi connectivity index (χ0n) is 9.19. The van der Waals surface area contributed by atoms with Gasteiger partial charge in [-0.15, -0.1) is 0 Å². The summed E-state index contributed by atoms with van der Waals surface area (Å²) in [7, 11) is 0. The van der Waals surface area contributed by atoms with E-state index < -0.39 is 5.95 Å². The highest BCUT2D eigenvalue weighted by atomic mass is 19.1. The van der Waals surface area contributed by atoms with Crippen molar-refractivity contribution in [1.82, 2.24) is 4.98 Å². The predicted molar refractivity (Wildman–Crippen MR) is 60.6 cm³/mol. The van der Waals surface area contributed by atoms with Crippen molar-refractivity contribution in [1.29, 1.82) is 0 Å². The standard InChI is InChI=1S/C12H16FN3/c13-12-9(5-14)4-11(6-15-12)16-7-8-1-2-10(16)3-8/h4,6,8,10H,1-3,5,7,14H2/t8-,10-/m1/s1. The Morgan fingerprint density at radius 3 is 3.00 bits per heavy atom. The Morgan fingerprint density at radius 1 is 1.50 bits per heavy atom. The number of anilines is 1. The van der Waals surface area contributed by atoms with Crippen LogP contribution in [0.1, 0.15) is 24.8 Å². The molecule has 3 nitrogen and oxygen atoms in total. The number of aromatic nitrogens is 1. The van der Waals surface area contributed by atoms with E-state index in [1.165, 1.54) is 19.3 Å².